The van der Waals surface area contributed by atoms with Crippen LogP contribution in [0.25, 0.3) is 0 Å². The molecule has 74 valence electrons. The number of carbonyl (C=O) groups is 1. The normalized spacial score (nSPS) is 21.5. The monoisotopic (exact) mass is 185 g/mol. The van der Waals surface area contributed by atoms with Crippen LogP contribution in [0.3, 0.4) is 0 Å². The van der Waals surface area contributed by atoms with Crippen LogP contribution < -0.4 is 0 Å². The summed E-state index contributed by atoms with van der Waals surface area (Å²) in [4.78, 5) is 11.0. The highest BCUT2D eigenvalue weighted by Crippen LogP contribution is 2.12. The lowest BCUT2D eigenvalue weighted by Crippen LogP contribution is -2.18. The van der Waals surface area contributed by atoms with Crippen LogP contribution >= 0.6 is 0 Å². The Bertz CT molecular complexity index is 197. The molecule has 0 amide bonds. The topological polar surface area (TPSA) is 59.4 Å². The molecular weight excluding hydrogens is 170 g/mol. The third kappa shape index (κ3) is 4.03. The maximum Gasteiger partial charge on any atom is 0.311 e. The van der Waals surface area contributed by atoms with Crippen LogP contribution in [0.4, 0.5) is 0 Å². The molecule has 1 heterocycles. The lowest BCUT2D eigenvalue weighted by atomic mass is 10.2. The molecule has 1 aliphatic heterocycles. The van der Waals surface area contributed by atoms with Crippen molar-refractivity contribution in [1.82, 2.24) is 0 Å². The Labute approximate surface area is 77.7 Å². The molecular formula is C9H15NO3. The minimum atomic E-state index is -0.331. The maximum atomic E-state index is 11.0. The lowest BCUT2D eigenvalue weighted by molar-refractivity contribution is -0.145. The molecule has 0 aromatic carbocycles. The van der Waals surface area contributed by atoms with Gasteiger partial charge < -0.3 is 14.9 Å². The Morgan fingerprint density at radius 1 is 1.69 bits per heavy atom. The Kier molecular flexibility index (Phi) is 3.89. The second kappa shape index (κ2) is 4.97. The van der Waals surface area contributed by atoms with E-state index < -0.39 is 0 Å². The number of esters is 1. The molecule has 1 aliphatic rings. The third-order valence-corrected chi connectivity index (χ3v) is 1.86. The van der Waals surface area contributed by atoms with E-state index in [0.29, 0.717) is 12.3 Å². The Balaban J connectivity index is 2.10. The zero-order valence-electron chi connectivity index (χ0n) is 7.84. The van der Waals surface area contributed by atoms with Crippen molar-refractivity contribution >= 4 is 11.7 Å². The van der Waals surface area contributed by atoms with Gasteiger partial charge in [0, 0.05) is 12.3 Å². The molecule has 0 spiro atoms. The molecule has 0 aromatic rings. The largest absolute Gasteiger partial charge is 0.463 e. The predicted octanol–water partition coefficient (Wildman–Crippen LogP) is 1.14. The summed E-state index contributed by atoms with van der Waals surface area (Å²) in [5.74, 6) is -0.331. The van der Waals surface area contributed by atoms with E-state index in [1.165, 1.54) is 0 Å². The van der Waals surface area contributed by atoms with Gasteiger partial charge in [-0.05, 0) is 19.8 Å². The van der Waals surface area contributed by atoms with Crippen LogP contribution in [0.5, 0.6) is 0 Å². The molecule has 1 saturated heterocycles. The molecule has 1 unspecified atom stereocenters. The van der Waals surface area contributed by atoms with E-state index in [0.717, 1.165) is 19.4 Å². The first-order valence-electron chi connectivity index (χ1n) is 4.49. The second-order valence-electron chi connectivity index (χ2n) is 3.28. The van der Waals surface area contributed by atoms with Crippen molar-refractivity contribution in [2.45, 2.75) is 32.3 Å². The molecule has 0 aromatic heterocycles. The van der Waals surface area contributed by atoms with Gasteiger partial charge >= 0.3 is 5.97 Å². The van der Waals surface area contributed by atoms with Crippen molar-refractivity contribution in [3.05, 3.63) is 0 Å². The first-order valence-corrected chi connectivity index (χ1v) is 4.49. The van der Waals surface area contributed by atoms with E-state index in [1.807, 2.05) is 0 Å². The fourth-order valence-electron chi connectivity index (χ4n) is 1.23. The molecule has 0 radical (unpaired) electrons. The summed E-state index contributed by atoms with van der Waals surface area (Å²) in [5, 5.41) is 7.08. The molecule has 0 aliphatic carbocycles. The summed E-state index contributed by atoms with van der Waals surface area (Å²) in [5.41, 5.74) is 0.331. The van der Waals surface area contributed by atoms with Gasteiger partial charge in [0.25, 0.3) is 0 Å². The summed E-state index contributed by atoms with van der Waals surface area (Å²) < 4.78 is 10.2. The van der Waals surface area contributed by atoms with Gasteiger partial charge in [0.15, 0.2) is 0 Å². The molecule has 13 heavy (non-hydrogen) atoms. The van der Waals surface area contributed by atoms with Crippen LogP contribution in [-0.4, -0.2) is 31.0 Å². The first kappa shape index (κ1) is 10.2. The van der Waals surface area contributed by atoms with E-state index in [2.05, 4.69) is 0 Å². The van der Waals surface area contributed by atoms with Crippen LogP contribution in [0.2, 0.25) is 0 Å². The van der Waals surface area contributed by atoms with Gasteiger partial charge in [-0.1, -0.05) is 0 Å². The predicted molar refractivity (Wildman–Crippen MR) is 48.0 cm³/mol. The van der Waals surface area contributed by atoms with Gasteiger partial charge in [0.2, 0.25) is 0 Å². The molecule has 1 rings (SSSR count). The SMILES string of the molecule is CC(=N)CC(=O)OCC1CCCO1. The number of hydrogen-bond acceptors (Lipinski definition) is 4. The molecule has 1 atom stereocenters. The highest BCUT2D eigenvalue weighted by molar-refractivity contribution is 5.95. The number of rotatable bonds is 4. The van der Waals surface area contributed by atoms with Crippen molar-refractivity contribution in [2.75, 3.05) is 13.2 Å². The van der Waals surface area contributed by atoms with Crippen LogP contribution in [0, 0.1) is 5.41 Å². The maximum absolute atomic E-state index is 11.0. The third-order valence-electron chi connectivity index (χ3n) is 1.86. The van der Waals surface area contributed by atoms with Crippen LogP contribution in [0.15, 0.2) is 0 Å². The number of ether oxygens (including phenoxy) is 2. The summed E-state index contributed by atoms with van der Waals surface area (Å²) in [6.07, 6.45) is 2.19. The van der Waals surface area contributed by atoms with Crippen molar-refractivity contribution in [3.8, 4) is 0 Å². The number of carbonyl (C=O) groups excluding carboxylic acids is 1. The average molecular weight is 185 g/mol. The van der Waals surface area contributed by atoms with Crippen molar-refractivity contribution in [1.29, 1.82) is 5.41 Å². The van der Waals surface area contributed by atoms with Crippen molar-refractivity contribution in [3.63, 3.8) is 0 Å². The fraction of sp³-hybridized carbons (Fsp3) is 0.778. The Morgan fingerprint density at radius 2 is 2.46 bits per heavy atom. The fourth-order valence-corrected chi connectivity index (χ4v) is 1.23. The average Bonchev–Trinajstić information content (AvgIpc) is 2.51. The van der Waals surface area contributed by atoms with E-state index in [9.17, 15) is 4.79 Å². The molecule has 4 nitrogen and oxygen atoms in total. The van der Waals surface area contributed by atoms with E-state index in [1.54, 1.807) is 6.92 Å². The first-order chi connectivity index (χ1) is 6.18. The standard InChI is InChI=1S/C9H15NO3/c1-7(10)5-9(11)13-6-8-3-2-4-12-8/h8,10H,2-6H2,1H3. The smallest absolute Gasteiger partial charge is 0.311 e. The van der Waals surface area contributed by atoms with Gasteiger partial charge in [-0.2, -0.15) is 0 Å². The Hall–Kier alpha value is -0.900. The highest BCUT2D eigenvalue weighted by atomic mass is 16.6. The minimum Gasteiger partial charge on any atom is -0.463 e. The molecule has 4 heteroatoms. The summed E-state index contributed by atoms with van der Waals surface area (Å²) in [6.45, 7) is 2.70. The van der Waals surface area contributed by atoms with Crippen LogP contribution in [0.1, 0.15) is 26.2 Å². The molecule has 1 fully saturated rings. The summed E-state index contributed by atoms with van der Waals surface area (Å²) in [7, 11) is 0. The van der Waals surface area contributed by atoms with Gasteiger partial charge in [0.1, 0.15) is 6.61 Å². The molecule has 0 saturated carbocycles. The van der Waals surface area contributed by atoms with Crippen molar-refractivity contribution < 1.29 is 14.3 Å². The van der Waals surface area contributed by atoms with E-state index in [-0.39, 0.29) is 18.5 Å². The summed E-state index contributed by atoms with van der Waals surface area (Å²) >= 11 is 0. The highest BCUT2D eigenvalue weighted by Gasteiger charge is 2.17. The number of nitrogens with one attached hydrogen (secondary N) is 1. The zero-order valence-corrected chi connectivity index (χ0v) is 7.84. The molecule has 0 bridgehead atoms. The summed E-state index contributed by atoms with van der Waals surface area (Å²) in [6, 6.07) is 0. The molecule has 1 N–H and O–H groups in total. The quantitative estimate of drug-likeness (QED) is 0.527. The van der Waals surface area contributed by atoms with Gasteiger partial charge in [0.05, 0.1) is 12.5 Å². The zero-order chi connectivity index (χ0) is 9.68. The van der Waals surface area contributed by atoms with Gasteiger partial charge in [-0.15, -0.1) is 0 Å². The number of hydrogen-bond donors (Lipinski definition) is 1. The van der Waals surface area contributed by atoms with E-state index >= 15 is 0 Å². The lowest BCUT2D eigenvalue weighted by Gasteiger charge is -2.09. The minimum absolute atomic E-state index is 0.0787. The van der Waals surface area contributed by atoms with Gasteiger partial charge in [-0.3, -0.25) is 4.79 Å². The van der Waals surface area contributed by atoms with Gasteiger partial charge in [-0.25, -0.2) is 0 Å². The second-order valence-corrected chi connectivity index (χ2v) is 3.28. The van der Waals surface area contributed by atoms with E-state index in [4.69, 9.17) is 14.9 Å². The van der Waals surface area contributed by atoms with Crippen LogP contribution in [-0.2, 0) is 14.3 Å². The van der Waals surface area contributed by atoms with Crippen molar-refractivity contribution in [2.24, 2.45) is 0 Å². The Morgan fingerprint density at radius 3 is 3.00 bits per heavy atom.